The molecule has 0 bridgehead atoms. The molecule has 19 heavy (non-hydrogen) atoms. The third-order valence-electron chi connectivity index (χ3n) is 2.49. The van der Waals surface area contributed by atoms with Gasteiger partial charge in [-0.2, -0.15) is 0 Å². The highest BCUT2D eigenvalue weighted by atomic mass is 79.9. The molecule has 1 atom stereocenters. The number of nitrogens with one attached hydrogen (secondary N) is 2. The number of nitrogens with zero attached hydrogens (tertiary/aromatic N) is 2. The molecule has 0 aliphatic rings. The standard InChI is InChI=1S/C12H14BrFN4O/c1-3-15-7(2)11-17-18-12(19-11)16-8-4-5-9(13)10(14)6-8/h4-7,15H,3H2,1-2H3,(H,16,18). The van der Waals surface area contributed by atoms with Crippen molar-refractivity contribution in [3.8, 4) is 0 Å². The summed E-state index contributed by atoms with van der Waals surface area (Å²) in [5.74, 6) is 0.132. The van der Waals surface area contributed by atoms with Crippen LogP contribution in [-0.2, 0) is 0 Å². The molecule has 0 radical (unpaired) electrons. The number of halogens is 2. The SMILES string of the molecule is CCNC(C)c1nnc(Nc2ccc(Br)c(F)c2)o1. The molecule has 1 aromatic carbocycles. The lowest BCUT2D eigenvalue weighted by Gasteiger charge is -2.06. The Bertz CT molecular complexity index is 560. The molecule has 5 nitrogen and oxygen atoms in total. The molecule has 2 aromatic rings. The van der Waals surface area contributed by atoms with Crippen molar-refractivity contribution in [2.45, 2.75) is 19.9 Å². The Kier molecular flexibility index (Phi) is 4.49. The van der Waals surface area contributed by atoms with E-state index >= 15 is 0 Å². The first-order valence-corrected chi connectivity index (χ1v) is 6.68. The molecule has 0 amide bonds. The highest BCUT2D eigenvalue weighted by molar-refractivity contribution is 9.10. The third-order valence-corrected chi connectivity index (χ3v) is 3.14. The van der Waals surface area contributed by atoms with E-state index in [9.17, 15) is 4.39 Å². The van der Waals surface area contributed by atoms with Gasteiger partial charge in [0.15, 0.2) is 0 Å². The van der Waals surface area contributed by atoms with Crippen LogP contribution >= 0.6 is 15.9 Å². The minimum atomic E-state index is -0.356. The monoisotopic (exact) mass is 328 g/mol. The molecule has 102 valence electrons. The van der Waals surface area contributed by atoms with Crippen LogP contribution in [0.15, 0.2) is 27.1 Å². The molecule has 0 fully saturated rings. The molecule has 1 unspecified atom stereocenters. The van der Waals surface area contributed by atoms with Crippen molar-refractivity contribution in [2.24, 2.45) is 0 Å². The molecular weight excluding hydrogens is 315 g/mol. The van der Waals surface area contributed by atoms with E-state index in [1.165, 1.54) is 6.07 Å². The van der Waals surface area contributed by atoms with E-state index in [0.29, 0.717) is 16.1 Å². The summed E-state index contributed by atoms with van der Waals surface area (Å²) in [6, 6.07) is 4.89. The third kappa shape index (κ3) is 3.51. The van der Waals surface area contributed by atoms with Crippen molar-refractivity contribution < 1.29 is 8.81 Å². The smallest absolute Gasteiger partial charge is 0.320 e. The first-order chi connectivity index (χ1) is 9.10. The number of benzene rings is 1. The zero-order chi connectivity index (χ0) is 13.8. The Morgan fingerprint density at radius 2 is 2.21 bits per heavy atom. The second kappa shape index (κ2) is 6.12. The highest BCUT2D eigenvalue weighted by Gasteiger charge is 2.13. The molecule has 0 saturated heterocycles. The Hall–Kier alpha value is -1.47. The summed E-state index contributed by atoms with van der Waals surface area (Å²) in [5, 5.41) is 13.8. The molecule has 0 aliphatic carbocycles. The van der Waals surface area contributed by atoms with Crippen LogP contribution in [0.5, 0.6) is 0 Å². The van der Waals surface area contributed by atoms with Crippen LogP contribution in [0.1, 0.15) is 25.8 Å². The lowest BCUT2D eigenvalue weighted by Crippen LogP contribution is -2.17. The Morgan fingerprint density at radius 1 is 1.42 bits per heavy atom. The van der Waals surface area contributed by atoms with Crippen LogP contribution in [-0.4, -0.2) is 16.7 Å². The van der Waals surface area contributed by atoms with Gasteiger partial charge in [0.05, 0.1) is 10.5 Å². The summed E-state index contributed by atoms with van der Waals surface area (Å²) in [6.07, 6.45) is 0. The molecular formula is C12H14BrFN4O. The van der Waals surface area contributed by atoms with Crippen molar-refractivity contribution in [3.05, 3.63) is 34.4 Å². The van der Waals surface area contributed by atoms with Gasteiger partial charge in [0.25, 0.3) is 0 Å². The first-order valence-electron chi connectivity index (χ1n) is 5.89. The van der Waals surface area contributed by atoms with Crippen molar-refractivity contribution in [3.63, 3.8) is 0 Å². The molecule has 0 spiro atoms. The average Bonchev–Trinajstić information content (AvgIpc) is 2.83. The normalized spacial score (nSPS) is 12.4. The lowest BCUT2D eigenvalue weighted by atomic mass is 10.3. The number of hydrogen-bond acceptors (Lipinski definition) is 5. The van der Waals surface area contributed by atoms with Crippen molar-refractivity contribution >= 4 is 27.6 Å². The topological polar surface area (TPSA) is 63.0 Å². The summed E-state index contributed by atoms with van der Waals surface area (Å²) in [6.45, 7) is 4.74. The van der Waals surface area contributed by atoms with Gasteiger partial charge >= 0.3 is 6.01 Å². The Morgan fingerprint density at radius 3 is 2.89 bits per heavy atom. The minimum absolute atomic E-state index is 0.0188. The fraction of sp³-hybridized carbons (Fsp3) is 0.333. The van der Waals surface area contributed by atoms with E-state index < -0.39 is 0 Å². The van der Waals surface area contributed by atoms with Crippen molar-refractivity contribution in [1.29, 1.82) is 0 Å². The predicted molar refractivity (Wildman–Crippen MR) is 73.8 cm³/mol. The molecule has 7 heteroatoms. The van der Waals surface area contributed by atoms with Crippen molar-refractivity contribution in [2.75, 3.05) is 11.9 Å². The van der Waals surface area contributed by atoms with Gasteiger partial charge in [-0.1, -0.05) is 12.0 Å². The predicted octanol–water partition coefficient (Wildman–Crippen LogP) is 3.39. The van der Waals surface area contributed by atoms with Crippen LogP contribution < -0.4 is 10.6 Å². The summed E-state index contributed by atoms with van der Waals surface area (Å²) >= 11 is 3.09. The maximum Gasteiger partial charge on any atom is 0.320 e. The van der Waals surface area contributed by atoms with E-state index in [4.69, 9.17) is 4.42 Å². The minimum Gasteiger partial charge on any atom is -0.406 e. The highest BCUT2D eigenvalue weighted by Crippen LogP contribution is 2.22. The zero-order valence-electron chi connectivity index (χ0n) is 10.6. The van der Waals surface area contributed by atoms with E-state index in [0.717, 1.165) is 6.54 Å². The number of aromatic nitrogens is 2. The van der Waals surface area contributed by atoms with Gasteiger partial charge in [0.2, 0.25) is 5.89 Å². The summed E-state index contributed by atoms with van der Waals surface area (Å²) in [7, 11) is 0. The number of anilines is 2. The van der Waals surface area contributed by atoms with Gasteiger partial charge in [-0.3, -0.25) is 0 Å². The molecule has 2 N–H and O–H groups in total. The number of hydrogen-bond donors (Lipinski definition) is 2. The second-order valence-corrected chi connectivity index (χ2v) is 4.83. The van der Waals surface area contributed by atoms with Crippen LogP contribution in [0.4, 0.5) is 16.1 Å². The maximum absolute atomic E-state index is 13.4. The fourth-order valence-corrected chi connectivity index (χ4v) is 1.80. The zero-order valence-corrected chi connectivity index (χ0v) is 12.2. The first kappa shape index (κ1) is 14.0. The largest absolute Gasteiger partial charge is 0.406 e. The van der Waals surface area contributed by atoms with Crippen LogP contribution in [0.2, 0.25) is 0 Å². The summed E-state index contributed by atoms with van der Waals surface area (Å²) < 4.78 is 19.2. The quantitative estimate of drug-likeness (QED) is 0.880. The molecule has 1 aromatic heterocycles. The van der Waals surface area contributed by atoms with Gasteiger partial charge in [-0.25, -0.2) is 4.39 Å². The molecule has 2 rings (SSSR count). The lowest BCUT2D eigenvalue weighted by molar-refractivity contribution is 0.430. The Labute approximate surface area is 118 Å². The molecule has 0 saturated carbocycles. The average molecular weight is 329 g/mol. The van der Waals surface area contributed by atoms with E-state index in [1.807, 2.05) is 13.8 Å². The van der Waals surface area contributed by atoms with Gasteiger partial charge in [0, 0.05) is 5.69 Å². The number of rotatable bonds is 5. The van der Waals surface area contributed by atoms with E-state index in [2.05, 4.69) is 36.8 Å². The van der Waals surface area contributed by atoms with Crippen LogP contribution in [0.3, 0.4) is 0 Å². The second-order valence-electron chi connectivity index (χ2n) is 3.98. The summed E-state index contributed by atoms with van der Waals surface area (Å²) in [4.78, 5) is 0. The van der Waals surface area contributed by atoms with Crippen LogP contribution in [0, 0.1) is 5.82 Å². The van der Waals surface area contributed by atoms with Gasteiger partial charge in [-0.15, -0.1) is 5.10 Å². The van der Waals surface area contributed by atoms with E-state index in [-0.39, 0.29) is 17.9 Å². The fourth-order valence-electron chi connectivity index (χ4n) is 1.55. The molecule has 0 aliphatic heterocycles. The Balaban J connectivity index is 2.09. The van der Waals surface area contributed by atoms with E-state index in [1.54, 1.807) is 12.1 Å². The van der Waals surface area contributed by atoms with Gasteiger partial charge < -0.3 is 15.1 Å². The van der Waals surface area contributed by atoms with Gasteiger partial charge in [-0.05, 0) is 47.6 Å². The van der Waals surface area contributed by atoms with Crippen molar-refractivity contribution in [1.82, 2.24) is 15.5 Å². The van der Waals surface area contributed by atoms with Gasteiger partial charge in [0.1, 0.15) is 5.82 Å². The maximum atomic E-state index is 13.4. The summed E-state index contributed by atoms with van der Waals surface area (Å²) in [5.41, 5.74) is 0.548. The van der Waals surface area contributed by atoms with Crippen LogP contribution in [0.25, 0.3) is 0 Å². The molecule has 1 heterocycles.